The Bertz CT molecular complexity index is 270. The van der Waals surface area contributed by atoms with Crippen molar-refractivity contribution in [3.8, 4) is 0 Å². The van der Waals surface area contributed by atoms with Crippen molar-refractivity contribution in [1.29, 1.82) is 0 Å². The second-order valence-corrected chi connectivity index (χ2v) is 3.70. The normalized spacial score (nSPS) is 21.1. The summed E-state index contributed by atoms with van der Waals surface area (Å²) in [4.78, 5) is 6.44. The summed E-state index contributed by atoms with van der Waals surface area (Å²) in [6, 6.07) is 5.96. The van der Waals surface area contributed by atoms with Gasteiger partial charge in [-0.1, -0.05) is 6.07 Å². The molecule has 0 bridgehead atoms. The van der Waals surface area contributed by atoms with Crippen LogP contribution >= 0.6 is 0 Å². The van der Waals surface area contributed by atoms with Crippen LogP contribution < -0.4 is 4.90 Å². The van der Waals surface area contributed by atoms with Gasteiger partial charge in [-0.2, -0.15) is 0 Å². The van der Waals surface area contributed by atoms with E-state index in [1.54, 1.807) is 0 Å². The smallest absolute Gasteiger partial charge is 0.128 e. The average molecular weight is 192 g/mol. The third-order valence-electron chi connectivity index (χ3n) is 2.54. The van der Waals surface area contributed by atoms with E-state index in [1.165, 1.54) is 12.8 Å². The van der Waals surface area contributed by atoms with E-state index < -0.39 is 0 Å². The van der Waals surface area contributed by atoms with Gasteiger partial charge in [-0.15, -0.1) is 0 Å². The number of aromatic nitrogens is 1. The van der Waals surface area contributed by atoms with Gasteiger partial charge in [-0.3, -0.25) is 0 Å². The highest BCUT2D eigenvalue weighted by Crippen LogP contribution is 2.15. The second kappa shape index (κ2) is 4.42. The number of likely N-dealkylation sites (N-methyl/N-ethyl adjacent to an activating group) is 1. The van der Waals surface area contributed by atoms with Crippen molar-refractivity contribution in [1.82, 2.24) is 4.98 Å². The minimum absolute atomic E-state index is 0.391. The lowest BCUT2D eigenvalue weighted by Gasteiger charge is -2.21. The molecule has 2 heterocycles. The zero-order chi connectivity index (χ0) is 9.80. The Balaban J connectivity index is 1.92. The molecule has 1 aromatic rings. The molecule has 3 heteroatoms. The molecule has 0 aliphatic carbocycles. The molecule has 1 unspecified atom stereocenters. The standard InChI is InChI=1S/C11H16N2O/c1-13(9-10-5-4-8-14-10)11-6-2-3-7-12-11/h2-3,6-7,10H,4-5,8-9H2,1H3. The maximum Gasteiger partial charge on any atom is 0.128 e. The van der Waals surface area contributed by atoms with Crippen LogP contribution in [0.1, 0.15) is 12.8 Å². The number of rotatable bonds is 3. The van der Waals surface area contributed by atoms with Gasteiger partial charge in [0.2, 0.25) is 0 Å². The summed E-state index contributed by atoms with van der Waals surface area (Å²) in [7, 11) is 2.06. The number of hydrogen-bond donors (Lipinski definition) is 0. The first kappa shape index (κ1) is 9.46. The summed E-state index contributed by atoms with van der Waals surface area (Å²) < 4.78 is 5.58. The minimum Gasteiger partial charge on any atom is -0.376 e. The molecule has 3 nitrogen and oxygen atoms in total. The van der Waals surface area contributed by atoms with E-state index in [4.69, 9.17) is 4.74 Å². The van der Waals surface area contributed by atoms with Crippen molar-refractivity contribution in [3.63, 3.8) is 0 Å². The predicted octanol–water partition coefficient (Wildman–Crippen LogP) is 1.70. The molecule has 1 atom stereocenters. The summed E-state index contributed by atoms with van der Waals surface area (Å²) in [6.45, 7) is 1.86. The Morgan fingerprint density at radius 2 is 2.50 bits per heavy atom. The van der Waals surface area contributed by atoms with Crippen molar-refractivity contribution >= 4 is 5.82 Å². The Morgan fingerprint density at radius 3 is 3.14 bits per heavy atom. The van der Waals surface area contributed by atoms with Crippen LogP contribution in [-0.4, -0.2) is 31.3 Å². The number of nitrogens with zero attached hydrogens (tertiary/aromatic N) is 2. The highest BCUT2D eigenvalue weighted by molar-refractivity contribution is 5.36. The maximum absolute atomic E-state index is 5.58. The van der Waals surface area contributed by atoms with Gasteiger partial charge in [0.05, 0.1) is 6.10 Å². The third kappa shape index (κ3) is 2.23. The highest BCUT2D eigenvalue weighted by atomic mass is 16.5. The van der Waals surface area contributed by atoms with Crippen molar-refractivity contribution in [2.75, 3.05) is 25.1 Å². The fourth-order valence-corrected chi connectivity index (χ4v) is 1.77. The van der Waals surface area contributed by atoms with E-state index in [0.29, 0.717) is 6.10 Å². The van der Waals surface area contributed by atoms with E-state index in [1.807, 2.05) is 24.4 Å². The number of anilines is 1. The molecule has 14 heavy (non-hydrogen) atoms. The summed E-state index contributed by atoms with van der Waals surface area (Å²) in [5.74, 6) is 1.02. The van der Waals surface area contributed by atoms with Gasteiger partial charge in [0.15, 0.2) is 0 Å². The van der Waals surface area contributed by atoms with Gasteiger partial charge in [-0.05, 0) is 25.0 Å². The molecule has 0 spiro atoms. The molecule has 1 aliphatic heterocycles. The average Bonchev–Trinajstić information content (AvgIpc) is 2.72. The number of ether oxygens (including phenoxy) is 1. The van der Waals surface area contributed by atoms with E-state index in [0.717, 1.165) is 19.0 Å². The quantitative estimate of drug-likeness (QED) is 0.728. The first-order valence-electron chi connectivity index (χ1n) is 5.10. The third-order valence-corrected chi connectivity index (χ3v) is 2.54. The van der Waals surface area contributed by atoms with E-state index in [9.17, 15) is 0 Å². The van der Waals surface area contributed by atoms with Gasteiger partial charge < -0.3 is 9.64 Å². The molecule has 1 saturated heterocycles. The summed E-state index contributed by atoms with van der Waals surface area (Å²) in [6.07, 6.45) is 4.58. The molecule has 0 aromatic carbocycles. The van der Waals surface area contributed by atoms with Crippen molar-refractivity contribution in [2.24, 2.45) is 0 Å². The van der Waals surface area contributed by atoms with Crippen LogP contribution in [0.3, 0.4) is 0 Å². The second-order valence-electron chi connectivity index (χ2n) is 3.70. The summed E-state index contributed by atoms with van der Waals surface area (Å²) >= 11 is 0. The molecule has 1 aromatic heterocycles. The van der Waals surface area contributed by atoms with Gasteiger partial charge in [0, 0.05) is 26.4 Å². The Labute approximate surface area is 84.7 Å². The monoisotopic (exact) mass is 192 g/mol. The van der Waals surface area contributed by atoms with Crippen LogP contribution in [-0.2, 0) is 4.74 Å². The molecule has 0 saturated carbocycles. The lowest BCUT2D eigenvalue weighted by Crippen LogP contribution is -2.28. The van der Waals surface area contributed by atoms with Crippen LogP contribution in [0.5, 0.6) is 0 Å². The fourth-order valence-electron chi connectivity index (χ4n) is 1.77. The zero-order valence-electron chi connectivity index (χ0n) is 8.52. The number of hydrogen-bond acceptors (Lipinski definition) is 3. The lowest BCUT2D eigenvalue weighted by atomic mass is 10.2. The summed E-state index contributed by atoms with van der Waals surface area (Å²) in [5, 5.41) is 0. The van der Waals surface area contributed by atoms with Crippen LogP contribution in [0.25, 0.3) is 0 Å². The first-order valence-corrected chi connectivity index (χ1v) is 5.10. The van der Waals surface area contributed by atoms with Gasteiger partial charge in [-0.25, -0.2) is 4.98 Å². The molecule has 0 radical (unpaired) electrons. The first-order chi connectivity index (χ1) is 6.86. The molecule has 0 N–H and O–H groups in total. The molecular formula is C11H16N2O. The van der Waals surface area contributed by atoms with Crippen molar-refractivity contribution in [2.45, 2.75) is 18.9 Å². The number of pyridine rings is 1. The Kier molecular flexibility index (Phi) is 2.99. The van der Waals surface area contributed by atoms with Gasteiger partial charge in [0.1, 0.15) is 5.82 Å². The fraction of sp³-hybridized carbons (Fsp3) is 0.545. The van der Waals surface area contributed by atoms with Gasteiger partial charge >= 0.3 is 0 Å². The largest absolute Gasteiger partial charge is 0.376 e. The van der Waals surface area contributed by atoms with E-state index >= 15 is 0 Å². The van der Waals surface area contributed by atoms with Crippen molar-refractivity contribution < 1.29 is 4.74 Å². The Hall–Kier alpha value is -1.09. The molecular weight excluding hydrogens is 176 g/mol. The van der Waals surface area contributed by atoms with E-state index in [-0.39, 0.29) is 0 Å². The zero-order valence-corrected chi connectivity index (χ0v) is 8.52. The van der Waals surface area contributed by atoms with Crippen LogP contribution in [0, 0.1) is 0 Å². The molecule has 1 fully saturated rings. The molecule has 0 amide bonds. The Morgan fingerprint density at radius 1 is 1.57 bits per heavy atom. The van der Waals surface area contributed by atoms with E-state index in [2.05, 4.69) is 16.9 Å². The molecule has 76 valence electrons. The lowest BCUT2D eigenvalue weighted by molar-refractivity contribution is 0.116. The SMILES string of the molecule is CN(CC1CCCO1)c1ccccn1. The van der Waals surface area contributed by atoms with Crippen LogP contribution in [0.4, 0.5) is 5.82 Å². The van der Waals surface area contributed by atoms with Crippen LogP contribution in [0.15, 0.2) is 24.4 Å². The van der Waals surface area contributed by atoms with Crippen molar-refractivity contribution in [3.05, 3.63) is 24.4 Å². The predicted molar refractivity (Wildman–Crippen MR) is 56.5 cm³/mol. The van der Waals surface area contributed by atoms with Crippen LogP contribution in [0.2, 0.25) is 0 Å². The molecule has 2 rings (SSSR count). The van der Waals surface area contributed by atoms with Gasteiger partial charge in [0.25, 0.3) is 0 Å². The highest BCUT2D eigenvalue weighted by Gasteiger charge is 2.17. The summed E-state index contributed by atoms with van der Waals surface area (Å²) in [5.41, 5.74) is 0. The minimum atomic E-state index is 0.391. The maximum atomic E-state index is 5.58. The topological polar surface area (TPSA) is 25.4 Å². The molecule has 1 aliphatic rings.